The van der Waals surface area contributed by atoms with Crippen molar-refractivity contribution in [2.24, 2.45) is 0 Å². The van der Waals surface area contributed by atoms with Gasteiger partial charge in [-0.2, -0.15) is 4.31 Å². The highest BCUT2D eigenvalue weighted by Crippen LogP contribution is 2.41. The average Bonchev–Trinajstić information content (AvgIpc) is 2.48. The molecule has 1 aromatic rings. The zero-order valence-electron chi connectivity index (χ0n) is 9.59. The molecule has 0 saturated carbocycles. The molecule has 3 rings (SSSR count). The zero-order chi connectivity index (χ0) is 12.9. The maximum absolute atomic E-state index is 12.5. The number of hydrogen-bond donors (Lipinski definition) is 0. The molecule has 1 saturated heterocycles. The summed E-state index contributed by atoms with van der Waals surface area (Å²) in [6.07, 6.45) is 0.957. The Balaban J connectivity index is 2.17. The highest BCUT2D eigenvalue weighted by molar-refractivity contribution is 9.12. The van der Waals surface area contributed by atoms with Crippen molar-refractivity contribution in [3.8, 4) is 0 Å². The van der Waals surface area contributed by atoms with Gasteiger partial charge in [-0.25, -0.2) is 8.42 Å². The number of benzene rings is 1. The van der Waals surface area contributed by atoms with E-state index in [0.29, 0.717) is 22.8 Å². The van der Waals surface area contributed by atoms with Crippen molar-refractivity contribution >= 4 is 41.9 Å². The topological polar surface area (TPSA) is 37.4 Å². The third-order valence-corrected chi connectivity index (χ3v) is 8.24. The summed E-state index contributed by atoms with van der Waals surface area (Å²) in [7, 11) is -3.31. The van der Waals surface area contributed by atoms with E-state index in [1.165, 1.54) is 0 Å². The maximum Gasteiger partial charge on any atom is 0.243 e. The van der Waals surface area contributed by atoms with Gasteiger partial charge < -0.3 is 0 Å². The number of fused-ring (bicyclic) bond motifs is 4. The quantitative estimate of drug-likeness (QED) is 0.634. The summed E-state index contributed by atoms with van der Waals surface area (Å²) in [6, 6.07) is 7.39. The van der Waals surface area contributed by atoms with Crippen LogP contribution in [-0.4, -0.2) is 35.5 Å². The number of nitrogens with zero attached hydrogens (tertiary/aromatic N) is 1. The molecule has 4 atom stereocenters. The van der Waals surface area contributed by atoms with Crippen LogP contribution in [-0.2, 0) is 10.0 Å². The first-order valence-electron chi connectivity index (χ1n) is 5.87. The van der Waals surface area contributed by atoms with Gasteiger partial charge in [-0.1, -0.05) is 50.1 Å². The van der Waals surface area contributed by atoms with Crippen LogP contribution in [0.5, 0.6) is 0 Å². The SMILES string of the molecule is O=S1(=O)c2ccccc2C2C[C@@H](Br)[C@@H](Br)CN1C2. The van der Waals surface area contributed by atoms with Gasteiger partial charge >= 0.3 is 0 Å². The van der Waals surface area contributed by atoms with Crippen molar-refractivity contribution in [1.29, 1.82) is 0 Å². The van der Waals surface area contributed by atoms with Gasteiger partial charge in [-0.05, 0) is 18.1 Å². The summed E-state index contributed by atoms with van der Waals surface area (Å²) >= 11 is 7.24. The molecule has 2 aliphatic rings. The average molecular weight is 395 g/mol. The molecule has 1 aromatic carbocycles. The maximum atomic E-state index is 12.5. The van der Waals surface area contributed by atoms with E-state index in [1.54, 1.807) is 16.4 Å². The van der Waals surface area contributed by atoms with E-state index in [-0.39, 0.29) is 10.7 Å². The first-order valence-corrected chi connectivity index (χ1v) is 9.14. The molecule has 2 unspecified atom stereocenters. The molecule has 2 aliphatic heterocycles. The fourth-order valence-electron chi connectivity index (χ4n) is 2.74. The van der Waals surface area contributed by atoms with E-state index in [9.17, 15) is 8.42 Å². The lowest BCUT2D eigenvalue weighted by Gasteiger charge is -2.31. The van der Waals surface area contributed by atoms with Crippen LogP contribution in [0.25, 0.3) is 0 Å². The molecule has 0 N–H and O–H groups in total. The lowest BCUT2D eigenvalue weighted by Crippen LogP contribution is -2.40. The van der Waals surface area contributed by atoms with Crippen molar-refractivity contribution in [3.63, 3.8) is 0 Å². The molecular formula is C12H13Br2NO2S. The smallest absolute Gasteiger partial charge is 0.207 e. The molecule has 0 radical (unpaired) electrons. The minimum Gasteiger partial charge on any atom is -0.207 e. The summed E-state index contributed by atoms with van der Waals surface area (Å²) in [5.41, 5.74) is 0.972. The molecule has 98 valence electrons. The van der Waals surface area contributed by atoms with Crippen LogP contribution in [0.3, 0.4) is 0 Å². The van der Waals surface area contributed by atoms with Crippen molar-refractivity contribution < 1.29 is 8.42 Å². The molecule has 2 heterocycles. The van der Waals surface area contributed by atoms with E-state index in [2.05, 4.69) is 31.9 Å². The number of hydrogen-bond acceptors (Lipinski definition) is 2. The molecule has 2 bridgehead atoms. The molecule has 1 fully saturated rings. The fraction of sp³-hybridized carbons (Fsp3) is 0.500. The third kappa shape index (κ3) is 1.97. The lowest BCUT2D eigenvalue weighted by molar-refractivity contribution is 0.392. The van der Waals surface area contributed by atoms with E-state index >= 15 is 0 Å². The number of rotatable bonds is 0. The van der Waals surface area contributed by atoms with Crippen LogP contribution in [0.1, 0.15) is 17.9 Å². The Morgan fingerprint density at radius 3 is 2.61 bits per heavy atom. The van der Waals surface area contributed by atoms with Crippen LogP contribution in [0.2, 0.25) is 0 Å². The van der Waals surface area contributed by atoms with E-state index < -0.39 is 10.0 Å². The summed E-state index contributed by atoms with van der Waals surface area (Å²) < 4.78 is 26.6. The summed E-state index contributed by atoms with van der Waals surface area (Å²) in [6.45, 7) is 1.13. The highest BCUT2D eigenvalue weighted by Gasteiger charge is 2.41. The van der Waals surface area contributed by atoms with Crippen molar-refractivity contribution in [1.82, 2.24) is 4.31 Å². The number of halogens is 2. The first-order chi connectivity index (χ1) is 8.50. The van der Waals surface area contributed by atoms with Crippen molar-refractivity contribution in [2.45, 2.75) is 26.9 Å². The number of sulfonamides is 1. The summed E-state index contributed by atoms with van der Waals surface area (Å²) in [4.78, 5) is 0.947. The molecule has 0 aliphatic carbocycles. The predicted molar refractivity (Wildman–Crippen MR) is 78.0 cm³/mol. The minimum atomic E-state index is -3.31. The predicted octanol–water partition coefficient (Wildman–Crippen LogP) is 2.71. The molecule has 3 nitrogen and oxygen atoms in total. The van der Waals surface area contributed by atoms with E-state index in [4.69, 9.17) is 0 Å². The van der Waals surface area contributed by atoms with E-state index in [1.807, 2.05) is 12.1 Å². The molecule has 0 spiro atoms. The van der Waals surface area contributed by atoms with Crippen molar-refractivity contribution in [3.05, 3.63) is 29.8 Å². The van der Waals surface area contributed by atoms with Gasteiger partial charge in [0.05, 0.1) is 4.90 Å². The summed E-state index contributed by atoms with van der Waals surface area (Å²) in [5, 5.41) is 0. The Hall–Kier alpha value is 0.0900. The second-order valence-electron chi connectivity index (χ2n) is 4.82. The van der Waals surface area contributed by atoms with Gasteiger partial charge in [0.1, 0.15) is 0 Å². The van der Waals surface area contributed by atoms with Gasteiger partial charge in [-0.3, -0.25) is 0 Å². The van der Waals surface area contributed by atoms with Crippen LogP contribution < -0.4 is 0 Å². The zero-order valence-corrected chi connectivity index (χ0v) is 13.6. The Bertz CT molecular complexity index is 575. The van der Waals surface area contributed by atoms with Gasteiger partial charge in [0, 0.05) is 28.7 Å². The Kier molecular flexibility index (Phi) is 3.33. The first kappa shape index (κ1) is 13.1. The second-order valence-corrected chi connectivity index (χ2v) is 9.08. The van der Waals surface area contributed by atoms with Crippen LogP contribution >= 0.6 is 31.9 Å². The molecule has 0 aromatic heterocycles. The largest absolute Gasteiger partial charge is 0.243 e. The molecule has 0 amide bonds. The Morgan fingerprint density at radius 2 is 1.83 bits per heavy atom. The molecule has 6 heteroatoms. The Morgan fingerprint density at radius 1 is 1.11 bits per heavy atom. The lowest BCUT2D eigenvalue weighted by atomic mass is 9.94. The monoisotopic (exact) mass is 393 g/mol. The van der Waals surface area contributed by atoms with Gasteiger partial charge in [-0.15, -0.1) is 0 Å². The van der Waals surface area contributed by atoms with Gasteiger partial charge in [0.15, 0.2) is 0 Å². The Labute approximate surface area is 124 Å². The van der Waals surface area contributed by atoms with Gasteiger partial charge in [0.2, 0.25) is 10.0 Å². The van der Waals surface area contributed by atoms with Gasteiger partial charge in [0.25, 0.3) is 0 Å². The van der Waals surface area contributed by atoms with Crippen LogP contribution in [0, 0.1) is 0 Å². The van der Waals surface area contributed by atoms with Crippen LogP contribution in [0.15, 0.2) is 29.2 Å². The standard InChI is InChI=1S/C12H13Br2NO2S/c13-10-5-8-6-15(7-11(10)14)18(16,17)12-4-2-1-3-9(8)12/h1-4,8,10-11H,5-7H2/t8?,10-,11+/m1/s1. The summed E-state index contributed by atoms with van der Waals surface area (Å²) in [5.74, 6) is 0.289. The van der Waals surface area contributed by atoms with Crippen molar-refractivity contribution in [2.75, 3.05) is 13.1 Å². The normalized spacial score (nSPS) is 37.7. The molecule has 18 heavy (non-hydrogen) atoms. The molecular weight excluding hydrogens is 382 g/mol. The van der Waals surface area contributed by atoms with E-state index in [0.717, 1.165) is 12.0 Å². The highest BCUT2D eigenvalue weighted by atomic mass is 79.9. The second kappa shape index (κ2) is 4.58. The van der Waals surface area contributed by atoms with Crippen LogP contribution in [0.4, 0.5) is 0 Å². The minimum absolute atomic E-state index is 0.159. The third-order valence-electron chi connectivity index (χ3n) is 3.68. The fourth-order valence-corrected chi connectivity index (χ4v) is 5.91. The number of alkyl halides is 2.